The van der Waals surface area contributed by atoms with Crippen molar-refractivity contribution in [1.82, 2.24) is 5.32 Å². The summed E-state index contributed by atoms with van der Waals surface area (Å²) in [6.45, 7) is 7.14. The van der Waals surface area contributed by atoms with Crippen LogP contribution in [0.3, 0.4) is 0 Å². The number of rotatable bonds is 6. The summed E-state index contributed by atoms with van der Waals surface area (Å²) in [5.41, 5.74) is 5.48. The molecule has 0 aromatic rings. The second-order valence-electron chi connectivity index (χ2n) is 5.80. The first-order chi connectivity index (χ1) is 8.52. The average molecular weight is 254 g/mol. The van der Waals surface area contributed by atoms with Gasteiger partial charge in [0.1, 0.15) is 0 Å². The second-order valence-corrected chi connectivity index (χ2v) is 5.80. The zero-order chi connectivity index (χ0) is 13.4. The number of hydrogen-bond donors (Lipinski definition) is 2. The molecule has 0 bridgehead atoms. The lowest BCUT2D eigenvalue weighted by Crippen LogP contribution is -2.66. The number of amides is 1. The van der Waals surface area contributed by atoms with Crippen LogP contribution < -0.4 is 11.1 Å². The molecule has 2 unspecified atom stereocenters. The molecule has 1 amide bonds. The van der Waals surface area contributed by atoms with Crippen molar-refractivity contribution in [2.75, 3.05) is 6.61 Å². The predicted molar refractivity (Wildman–Crippen MR) is 71.1 cm³/mol. The van der Waals surface area contributed by atoms with E-state index < -0.39 is 5.54 Å². The Hall–Kier alpha value is -0.610. The molecule has 0 aliphatic heterocycles. The lowest BCUT2D eigenvalue weighted by Gasteiger charge is -2.55. The molecule has 0 saturated heterocycles. The number of hydrogen-bond acceptors (Lipinski definition) is 3. The highest BCUT2D eigenvalue weighted by Crippen LogP contribution is 2.49. The Balaban J connectivity index is 1.99. The summed E-state index contributed by atoms with van der Waals surface area (Å²) in [5, 5.41) is 3.16. The van der Waals surface area contributed by atoms with Crippen LogP contribution in [0.15, 0.2) is 0 Å². The van der Waals surface area contributed by atoms with E-state index >= 15 is 0 Å². The van der Waals surface area contributed by atoms with E-state index in [1.807, 2.05) is 6.92 Å². The van der Waals surface area contributed by atoms with Crippen LogP contribution in [0.1, 0.15) is 52.9 Å². The van der Waals surface area contributed by atoms with Crippen molar-refractivity contribution in [2.24, 2.45) is 11.1 Å². The van der Waals surface area contributed by atoms with Crippen LogP contribution in [0, 0.1) is 5.41 Å². The predicted octanol–water partition coefficient (Wildman–Crippen LogP) is 1.58. The third-order valence-corrected chi connectivity index (χ3v) is 5.02. The summed E-state index contributed by atoms with van der Waals surface area (Å²) < 4.78 is 5.81. The molecule has 3 N–H and O–H groups in total. The molecule has 2 atom stereocenters. The SMILES string of the molecule is CCOC1CC(NC(=O)C2(N)CC2)C1(CC)CC. The van der Waals surface area contributed by atoms with E-state index in [0.29, 0.717) is 0 Å². The minimum Gasteiger partial charge on any atom is -0.378 e. The summed E-state index contributed by atoms with van der Waals surface area (Å²) in [6.07, 6.45) is 4.94. The molecule has 0 spiro atoms. The highest BCUT2D eigenvalue weighted by Gasteiger charge is 2.56. The number of carbonyl (C=O) groups excluding carboxylic acids is 1. The minimum atomic E-state index is -0.566. The van der Waals surface area contributed by atoms with Gasteiger partial charge >= 0.3 is 0 Å². The highest BCUT2D eigenvalue weighted by atomic mass is 16.5. The number of carbonyl (C=O) groups is 1. The van der Waals surface area contributed by atoms with Crippen molar-refractivity contribution in [3.63, 3.8) is 0 Å². The van der Waals surface area contributed by atoms with Crippen molar-refractivity contribution in [2.45, 2.75) is 70.6 Å². The van der Waals surface area contributed by atoms with Gasteiger partial charge in [0.2, 0.25) is 5.91 Å². The van der Waals surface area contributed by atoms with Gasteiger partial charge in [-0.05, 0) is 39.0 Å². The zero-order valence-electron chi connectivity index (χ0n) is 11.8. The fraction of sp³-hybridized carbons (Fsp3) is 0.929. The number of ether oxygens (including phenoxy) is 1. The summed E-state index contributed by atoms with van der Waals surface area (Å²) in [4.78, 5) is 12.0. The zero-order valence-corrected chi connectivity index (χ0v) is 11.8. The Morgan fingerprint density at radius 2 is 1.94 bits per heavy atom. The van der Waals surface area contributed by atoms with Crippen LogP contribution in [-0.4, -0.2) is 30.2 Å². The maximum atomic E-state index is 12.0. The van der Waals surface area contributed by atoms with Crippen LogP contribution in [0.4, 0.5) is 0 Å². The third-order valence-electron chi connectivity index (χ3n) is 5.02. The van der Waals surface area contributed by atoms with Gasteiger partial charge in [0.05, 0.1) is 11.6 Å². The molecule has 0 heterocycles. The largest absolute Gasteiger partial charge is 0.378 e. The van der Waals surface area contributed by atoms with Gasteiger partial charge in [0, 0.05) is 18.1 Å². The van der Waals surface area contributed by atoms with E-state index in [4.69, 9.17) is 10.5 Å². The van der Waals surface area contributed by atoms with Crippen LogP contribution in [0.2, 0.25) is 0 Å². The maximum Gasteiger partial charge on any atom is 0.240 e. The van der Waals surface area contributed by atoms with E-state index in [9.17, 15) is 4.79 Å². The van der Waals surface area contributed by atoms with Gasteiger partial charge in [0.15, 0.2) is 0 Å². The molecule has 4 nitrogen and oxygen atoms in total. The van der Waals surface area contributed by atoms with Gasteiger partial charge in [-0.2, -0.15) is 0 Å². The highest BCUT2D eigenvalue weighted by molar-refractivity contribution is 5.89. The average Bonchev–Trinajstić information content (AvgIpc) is 3.09. The first-order valence-electron chi connectivity index (χ1n) is 7.24. The Morgan fingerprint density at radius 1 is 1.33 bits per heavy atom. The summed E-state index contributed by atoms with van der Waals surface area (Å²) in [5.74, 6) is 0.0359. The van der Waals surface area contributed by atoms with Gasteiger partial charge in [0.25, 0.3) is 0 Å². The summed E-state index contributed by atoms with van der Waals surface area (Å²) in [6, 6.07) is 0.234. The lowest BCUT2D eigenvalue weighted by molar-refractivity contribution is -0.149. The summed E-state index contributed by atoms with van der Waals surface area (Å²) >= 11 is 0. The summed E-state index contributed by atoms with van der Waals surface area (Å²) in [7, 11) is 0. The first-order valence-corrected chi connectivity index (χ1v) is 7.24. The molecular weight excluding hydrogens is 228 g/mol. The standard InChI is InChI=1S/C14H26N2O2/c1-4-13(5-2)10(9-11(13)18-6-3)16-12(17)14(15)7-8-14/h10-11H,4-9,15H2,1-3H3,(H,16,17). The Kier molecular flexibility index (Phi) is 3.70. The Labute approximate surface area is 110 Å². The van der Waals surface area contributed by atoms with Gasteiger partial charge in [-0.1, -0.05) is 13.8 Å². The van der Waals surface area contributed by atoms with Gasteiger partial charge < -0.3 is 15.8 Å². The Morgan fingerprint density at radius 3 is 2.39 bits per heavy atom. The quantitative estimate of drug-likeness (QED) is 0.756. The van der Waals surface area contributed by atoms with Gasteiger partial charge in [-0.25, -0.2) is 0 Å². The van der Waals surface area contributed by atoms with E-state index in [1.165, 1.54) is 0 Å². The number of nitrogens with two attached hydrogens (primary N) is 1. The molecule has 104 valence electrons. The van der Waals surface area contributed by atoms with Crippen molar-refractivity contribution < 1.29 is 9.53 Å². The molecule has 0 radical (unpaired) electrons. The monoisotopic (exact) mass is 254 g/mol. The van der Waals surface area contributed by atoms with Crippen LogP contribution in [0.5, 0.6) is 0 Å². The fourth-order valence-electron chi connectivity index (χ4n) is 3.25. The van der Waals surface area contributed by atoms with E-state index in [0.717, 1.165) is 38.7 Å². The third kappa shape index (κ3) is 2.05. The van der Waals surface area contributed by atoms with E-state index in [1.54, 1.807) is 0 Å². The molecule has 4 heteroatoms. The molecule has 0 aromatic heterocycles. The van der Waals surface area contributed by atoms with E-state index in [-0.39, 0.29) is 23.5 Å². The van der Waals surface area contributed by atoms with Crippen LogP contribution >= 0.6 is 0 Å². The van der Waals surface area contributed by atoms with Crippen molar-refractivity contribution >= 4 is 5.91 Å². The molecule has 18 heavy (non-hydrogen) atoms. The first kappa shape index (κ1) is 13.8. The van der Waals surface area contributed by atoms with Gasteiger partial charge in [-0.15, -0.1) is 0 Å². The van der Waals surface area contributed by atoms with Gasteiger partial charge in [-0.3, -0.25) is 4.79 Å². The minimum absolute atomic E-state index is 0.0359. The van der Waals surface area contributed by atoms with E-state index in [2.05, 4.69) is 19.2 Å². The smallest absolute Gasteiger partial charge is 0.240 e. The molecule has 2 rings (SSSR count). The fourth-order valence-corrected chi connectivity index (χ4v) is 3.25. The van der Waals surface area contributed by atoms with Crippen LogP contribution in [-0.2, 0) is 9.53 Å². The van der Waals surface area contributed by atoms with Crippen molar-refractivity contribution in [3.8, 4) is 0 Å². The molecule has 2 aliphatic rings. The molecule has 2 aliphatic carbocycles. The van der Waals surface area contributed by atoms with Crippen molar-refractivity contribution in [3.05, 3.63) is 0 Å². The molecular formula is C14H26N2O2. The van der Waals surface area contributed by atoms with Crippen molar-refractivity contribution in [1.29, 1.82) is 0 Å². The lowest BCUT2D eigenvalue weighted by atomic mass is 9.58. The normalized spacial score (nSPS) is 31.6. The maximum absolute atomic E-state index is 12.0. The second kappa shape index (κ2) is 4.82. The topological polar surface area (TPSA) is 64.3 Å². The molecule has 2 saturated carbocycles. The molecule has 2 fully saturated rings. The molecule has 0 aromatic carbocycles. The van der Waals surface area contributed by atoms with Crippen LogP contribution in [0.25, 0.3) is 0 Å². The Bertz CT molecular complexity index is 322. The number of nitrogens with one attached hydrogen (secondary N) is 1.